The number of esters is 1. The van der Waals surface area contributed by atoms with Crippen LogP contribution >= 0.6 is 0 Å². The van der Waals surface area contributed by atoms with Crippen molar-refractivity contribution in [1.29, 1.82) is 0 Å². The molecule has 1 atom stereocenters. The number of likely N-dealkylation sites (tertiary alicyclic amines) is 1. The van der Waals surface area contributed by atoms with Crippen LogP contribution in [0.25, 0.3) is 0 Å². The lowest BCUT2D eigenvalue weighted by Crippen LogP contribution is -2.48. The molecule has 1 aliphatic rings. The maximum Gasteiger partial charge on any atom is 0.328 e. The highest BCUT2D eigenvalue weighted by atomic mass is 16.5. The van der Waals surface area contributed by atoms with Crippen LogP contribution in [0.1, 0.15) is 35.4 Å². The molecule has 5 nitrogen and oxygen atoms in total. The molecule has 104 valence electrons. The summed E-state index contributed by atoms with van der Waals surface area (Å²) in [5.74, 6) is -0.412. The van der Waals surface area contributed by atoms with Crippen molar-refractivity contribution in [2.24, 2.45) is 7.05 Å². The number of piperidine rings is 1. The molecule has 1 saturated heterocycles. The average Bonchev–Trinajstić information content (AvgIpc) is 2.77. The van der Waals surface area contributed by atoms with E-state index < -0.39 is 6.04 Å². The third-order valence-electron chi connectivity index (χ3n) is 3.83. The lowest BCUT2D eigenvalue weighted by molar-refractivity contribution is -0.147. The number of amides is 1. The molecule has 0 aliphatic carbocycles. The van der Waals surface area contributed by atoms with E-state index in [-0.39, 0.29) is 11.9 Å². The summed E-state index contributed by atoms with van der Waals surface area (Å²) in [7, 11) is 3.23. The van der Waals surface area contributed by atoms with Gasteiger partial charge in [0.1, 0.15) is 11.7 Å². The molecule has 2 heterocycles. The summed E-state index contributed by atoms with van der Waals surface area (Å²) >= 11 is 0. The van der Waals surface area contributed by atoms with E-state index in [1.165, 1.54) is 7.11 Å². The van der Waals surface area contributed by atoms with E-state index in [1.54, 1.807) is 11.0 Å². The van der Waals surface area contributed by atoms with E-state index in [1.807, 2.05) is 24.6 Å². The second-order valence-corrected chi connectivity index (χ2v) is 4.95. The van der Waals surface area contributed by atoms with Gasteiger partial charge in [0.05, 0.1) is 7.11 Å². The van der Waals surface area contributed by atoms with Gasteiger partial charge in [-0.2, -0.15) is 0 Å². The van der Waals surface area contributed by atoms with Crippen molar-refractivity contribution < 1.29 is 14.3 Å². The summed E-state index contributed by atoms with van der Waals surface area (Å²) in [5.41, 5.74) is 1.64. The molecular formula is C14H20N2O3. The van der Waals surface area contributed by atoms with E-state index in [0.717, 1.165) is 18.5 Å². The number of nitrogens with zero attached hydrogens (tertiary/aromatic N) is 2. The quantitative estimate of drug-likeness (QED) is 0.761. The fourth-order valence-corrected chi connectivity index (χ4v) is 2.53. The summed E-state index contributed by atoms with van der Waals surface area (Å²) in [5, 5.41) is 0. The van der Waals surface area contributed by atoms with E-state index in [4.69, 9.17) is 4.74 Å². The van der Waals surface area contributed by atoms with Gasteiger partial charge in [0.2, 0.25) is 0 Å². The van der Waals surface area contributed by atoms with E-state index in [9.17, 15) is 9.59 Å². The predicted octanol–water partition coefficient (Wildman–Crippen LogP) is 1.50. The molecule has 1 aromatic heterocycles. The van der Waals surface area contributed by atoms with Gasteiger partial charge in [-0.25, -0.2) is 4.79 Å². The highest BCUT2D eigenvalue weighted by Crippen LogP contribution is 2.21. The number of ether oxygens (including phenoxy) is 1. The molecule has 0 aromatic carbocycles. The third-order valence-corrected chi connectivity index (χ3v) is 3.83. The Balaban J connectivity index is 2.25. The van der Waals surface area contributed by atoms with Crippen molar-refractivity contribution in [1.82, 2.24) is 9.47 Å². The number of aryl methyl sites for hydroxylation is 1. The fourth-order valence-electron chi connectivity index (χ4n) is 2.53. The minimum atomic E-state index is -0.443. The maximum atomic E-state index is 12.6. The molecule has 0 radical (unpaired) electrons. The monoisotopic (exact) mass is 264 g/mol. The van der Waals surface area contributed by atoms with Crippen LogP contribution in [-0.2, 0) is 16.6 Å². The first kappa shape index (κ1) is 13.6. The van der Waals surface area contributed by atoms with Crippen molar-refractivity contribution in [3.8, 4) is 0 Å². The average molecular weight is 264 g/mol. The van der Waals surface area contributed by atoms with Crippen LogP contribution < -0.4 is 0 Å². The minimum Gasteiger partial charge on any atom is -0.467 e. The number of hydrogen-bond donors (Lipinski definition) is 0. The van der Waals surface area contributed by atoms with Gasteiger partial charge in [-0.3, -0.25) is 4.79 Å². The molecule has 5 heteroatoms. The highest BCUT2D eigenvalue weighted by Gasteiger charge is 2.34. The Kier molecular flexibility index (Phi) is 3.93. The molecule has 1 aromatic rings. The Morgan fingerprint density at radius 3 is 2.63 bits per heavy atom. The topological polar surface area (TPSA) is 51.5 Å². The Hall–Kier alpha value is -1.78. The van der Waals surface area contributed by atoms with Crippen LogP contribution in [0.15, 0.2) is 12.1 Å². The molecule has 1 amide bonds. The zero-order chi connectivity index (χ0) is 14.0. The summed E-state index contributed by atoms with van der Waals surface area (Å²) in [6.07, 6.45) is 2.57. The number of carbonyl (C=O) groups is 2. The fraction of sp³-hybridized carbons (Fsp3) is 0.571. The van der Waals surface area contributed by atoms with Crippen molar-refractivity contribution in [2.75, 3.05) is 13.7 Å². The lowest BCUT2D eigenvalue weighted by Gasteiger charge is -2.33. The van der Waals surface area contributed by atoms with E-state index in [0.29, 0.717) is 18.7 Å². The first-order valence-electron chi connectivity index (χ1n) is 6.57. The maximum absolute atomic E-state index is 12.6. The Morgan fingerprint density at radius 1 is 1.32 bits per heavy atom. The van der Waals surface area contributed by atoms with E-state index >= 15 is 0 Å². The number of methoxy groups -OCH3 is 1. The SMILES string of the molecule is COC(=O)[C@H]1CCCCN1C(=O)c1ccc(C)n1C. The number of hydrogen-bond acceptors (Lipinski definition) is 3. The summed E-state index contributed by atoms with van der Waals surface area (Å²) in [6, 6.07) is 3.27. The Bertz CT molecular complexity index is 493. The van der Waals surface area contributed by atoms with Gasteiger partial charge >= 0.3 is 5.97 Å². The van der Waals surface area contributed by atoms with Crippen LogP contribution in [0, 0.1) is 6.92 Å². The normalized spacial score (nSPS) is 19.3. The van der Waals surface area contributed by atoms with Crippen molar-refractivity contribution in [2.45, 2.75) is 32.2 Å². The van der Waals surface area contributed by atoms with Gasteiger partial charge in [-0.15, -0.1) is 0 Å². The second-order valence-electron chi connectivity index (χ2n) is 4.95. The van der Waals surface area contributed by atoms with Gasteiger partial charge in [-0.05, 0) is 38.3 Å². The molecule has 2 rings (SSSR count). The highest BCUT2D eigenvalue weighted by molar-refractivity contribution is 5.95. The van der Waals surface area contributed by atoms with Crippen LogP contribution in [0.3, 0.4) is 0 Å². The summed E-state index contributed by atoms with van der Waals surface area (Å²) < 4.78 is 6.65. The molecule has 1 aliphatic heterocycles. The molecule has 0 saturated carbocycles. The molecule has 0 spiro atoms. The lowest BCUT2D eigenvalue weighted by atomic mass is 10.0. The van der Waals surface area contributed by atoms with Crippen molar-refractivity contribution in [3.05, 3.63) is 23.5 Å². The van der Waals surface area contributed by atoms with Crippen LogP contribution in [-0.4, -0.2) is 41.0 Å². The van der Waals surface area contributed by atoms with Crippen LogP contribution in [0.4, 0.5) is 0 Å². The molecule has 19 heavy (non-hydrogen) atoms. The third kappa shape index (κ3) is 2.50. The van der Waals surface area contributed by atoms with Gasteiger partial charge in [0, 0.05) is 19.3 Å². The van der Waals surface area contributed by atoms with Gasteiger partial charge in [0.15, 0.2) is 0 Å². The Labute approximate surface area is 113 Å². The van der Waals surface area contributed by atoms with Crippen molar-refractivity contribution in [3.63, 3.8) is 0 Å². The molecule has 0 N–H and O–H groups in total. The summed E-state index contributed by atoms with van der Waals surface area (Å²) in [6.45, 7) is 2.56. The van der Waals surface area contributed by atoms with Crippen LogP contribution in [0.5, 0.6) is 0 Å². The molecule has 1 fully saturated rings. The smallest absolute Gasteiger partial charge is 0.328 e. The molecule has 0 unspecified atom stereocenters. The van der Waals surface area contributed by atoms with Crippen LogP contribution in [0.2, 0.25) is 0 Å². The molecular weight excluding hydrogens is 244 g/mol. The predicted molar refractivity (Wildman–Crippen MR) is 70.8 cm³/mol. The zero-order valence-electron chi connectivity index (χ0n) is 11.7. The van der Waals surface area contributed by atoms with Gasteiger partial charge in [0.25, 0.3) is 5.91 Å². The number of carbonyl (C=O) groups excluding carboxylic acids is 2. The first-order chi connectivity index (χ1) is 9.06. The number of rotatable bonds is 2. The standard InChI is InChI=1S/C14H20N2O3/c1-10-7-8-11(15(10)2)13(17)16-9-5-4-6-12(16)14(18)19-3/h7-8,12H,4-6,9H2,1-3H3/t12-/m1/s1. The van der Waals surface area contributed by atoms with E-state index in [2.05, 4.69) is 0 Å². The summed E-state index contributed by atoms with van der Waals surface area (Å²) in [4.78, 5) is 26.0. The second kappa shape index (κ2) is 5.47. The minimum absolute atomic E-state index is 0.0919. The Morgan fingerprint density at radius 2 is 2.05 bits per heavy atom. The van der Waals surface area contributed by atoms with Gasteiger partial charge in [-0.1, -0.05) is 0 Å². The van der Waals surface area contributed by atoms with Gasteiger partial charge < -0.3 is 14.2 Å². The zero-order valence-corrected chi connectivity index (χ0v) is 11.7. The number of aromatic nitrogens is 1. The molecule has 0 bridgehead atoms. The largest absolute Gasteiger partial charge is 0.467 e. The van der Waals surface area contributed by atoms with Crippen molar-refractivity contribution >= 4 is 11.9 Å². The first-order valence-corrected chi connectivity index (χ1v) is 6.57.